The van der Waals surface area contributed by atoms with Gasteiger partial charge in [-0.3, -0.25) is 0 Å². The van der Waals surface area contributed by atoms with Crippen molar-refractivity contribution in [3.63, 3.8) is 0 Å². The number of aliphatic hydroxyl groups is 1. The van der Waals surface area contributed by atoms with Crippen LogP contribution in [0.2, 0.25) is 4.34 Å². The van der Waals surface area contributed by atoms with Crippen molar-refractivity contribution < 1.29 is 5.11 Å². The van der Waals surface area contributed by atoms with Gasteiger partial charge in [0.1, 0.15) is 0 Å². The molecule has 0 radical (unpaired) electrons. The van der Waals surface area contributed by atoms with Crippen molar-refractivity contribution in [3.8, 4) is 10.6 Å². The minimum absolute atomic E-state index is 0.0709. The van der Waals surface area contributed by atoms with E-state index in [9.17, 15) is 0 Å². The van der Waals surface area contributed by atoms with Crippen LogP contribution in [0.25, 0.3) is 10.6 Å². The summed E-state index contributed by atoms with van der Waals surface area (Å²) in [6, 6.07) is 5.80. The fraction of sp³-hybridized carbons (Fsp3) is 0.200. The lowest BCUT2D eigenvalue weighted by molar-refractivity contribution is 0.281. The highest BCUT2D eigenvalue weighted by molar-refractivity contribution is 7.19. The molecule has 2 aromatic heterocycles. The molecule has 2 rings (SSSR count). The number of aromatic nitrogens is 1. The summed E-state index contributed by atoms with van der Waals surface area (Å²) in [5.74, 6) is 0. The fourth-order valence-corrected chi connectivity index (χ4v) is 2.37. The average molecular weight is 228 g/mol. The molecule has 0 fully saturated rings. The van der Waals surface area contributed by atoms with E-state index in [4.69, 9.17) is 16.7 Å². The molecule has 2 aromatic rings. The molecular formula is C10H10ClNOS. The Morgan fingerprint density at radius 3 is 2.79 bits per heavy atom. The van der Waals surface area contributed by atoms with E-state index in [0.29, 0.717) is 0 Å². The highest BCUT2D eigenvalue weighted by Gasteiger charge is 2.07. The molecule has 0 spiro atoms. The second-order valence-corrected chi connectivity index (χ2v) is 4.81. The third-order valence-corrected chi connectivity index (χ3v) is 3.40. The molecule has 0 saturated carbocycles. The lowest BCUT2D eigenvalue weighted by Gasteiger charge is -1.89. The first kappa shape index (κ1) is 9.77. The molecular weight excluding hydrogens is 218 g/mol. The molecule has 2 N–H and O–H groups in total. The lowest BCUT2D eigenvalue weighted by Crippen LogP contribution is -1.81. The Bertz CT molecular complexity index is 447. The predicted octanol–water partition coefficient (Wildman–Crippen LogP) is 3.20. The van der Waals surface area contributed by atoms with Gasteiger partial charge in [0.15, 0.2) is 0 Å². The Labute approximate surface area is 91.2 Å². The Morgan fingerprint density at radius 2 is 2.29 bits per heavy atom. The van der Waals surface area contributed by atoms with Crippen molar-refractivity contribution in [1.82, 2.24) is 4.98 Å². The van der Waals surface area contributed by atoms with Crippen molar-refractivity contribution in [2.75, 3.05) is 0 Å². The number of nitrogens with one attached hydrogen (secondary N) is 1. The zero-order chi connectivity index (χ0) is 10.1. The zero-order valence-corrected chi connectivity index (χ0v) is 9.25. The van der Waals surface area contributed by atoms with Gasteiger partial charge in [0.05, 0.1) is 21.5 Å². The molecule has 0 aliphatic rings. The van der Waals surface area contributed by atoms with Crippen LogP contribution >= 0.6 is 22.9 Å². The van der Waals surface area contributed by atoms with Crippen molar-refractivity contribution in [2.24, 2.45) is 0 Å². The Hall–Kier alpha value is -0.770. The van der Waals surface area contributed by atoms with E-state index in [1.165, 1.54) is 11.3 Å². The molecule has 0 aliphatic carbocycles. The maximum absolute atomic E-state index is 9.04. The number of aryl methyl sites for hydroxylation is 1. The number of hydrogen-bond acceptors (Lipinski definition) is 2. The van der Waals surface area contributed by atoms with E-state index in [0.717, 1.165) is 26.2 Å². The third-order valence-electron chi connectivity index (χ3n) is 2.13. The van der Waals surface area contributed by atoms with Crippen LogP contribution in [0.3, 0.4) is 0 Å². The summed E-state index contributed by atoms with van der Waals surface area (Å²) in [6.45, 7) is 2.02. The summed E-state index contributed by atoms with van der Waals surface area (Å²) >= 11 is 7.37. The van der Waals surface area contributed by atoms with Gasteiger partial charge in [-0.1, -0.05) is 11.6 Å². The highest BCUT2D eigenvalue weighted by atomic mass is 35.5. The first-order valence-corrected chi connectivity index (χ1v) is 5.45. The van der Waals surface area contributed by atoms with Gasteiger partial charge < -0.3 is 10.1 Å². The number of H-pyrrole nitrogens is 1. The lowest BCUT2D eigenvalue weighted by atomic mass is 10.2. The van der Waals surface area contributed by atoms with Crippen molar-refractivity contribution >= 4 is 22.9 Å². The molecule has 0 atom stereocenters. The summed E-state index contributed by atoms with van der Waals surface area (Å²) < 4.78 is 0.776. The minimum Gasteiger partial charge on any atom is -0.392 e. The summed E-state index contributed by atoms with van der Waals surface area (Å²) in [4.78, 5) is 4.31. The van der Waals surface area contributed by atoms with Gasteiger partial charge in [0.2, 0.25) is 0 Å². The van der Waals surface area contributed by atoms with Crippen LogP contribution in [-0.4, -0.2) is 10.1 Å². The Kier molecular flexibility index (Phi) is 2.63. The van der Waals surface area contributed by atoms with Gasteiger partial charge >= 0.3 is 0 Å². The average Bonchev–Trinajstić information content (AvgIpc) is 2.71. The maximum Gasteiger partial charge on any atom is 0.0935 e. The Morgan fingerprint density at radius 1 is 1.50 bits per heavy atom. The quantitative estimate of drug-likeness (QED) is 0.812. The van der Waals surface area contributed by atoms with Crippen molar-refractivity contribution in [1.29, 1.82) is 0 Å². The molecule has 0 bridgehead atoms. The van der Waals surface area contributed by atoms with Crippen molar-refractivity contribution in [3.05, 3.63) is 33.8 Å². The summed E-state index contributed by atoms with van der Waals surface area (Å²) in [7, 11) is 0. The van der Waals surface area contributed by atoms with E-state index in [1.54, 1.807) is 0 Å². The third kappa shape index (κ3) is 1.71. The molecule has 0 aliphatic heterocycles. The van der Waals surface area contributed by atoms with Crippen LogP contribution in [0.5, 0.6) is 0 Å². The molecule has 0 unspecified atom stereocenters. The summed E-state index contributed by atoms with van der Waals surface area (Å²) in [6.07, 6.45) is 0. The van der Waals surface area contributed by atoms with Gasteiger partial charge in [0.25, 0.3) is 0 Å². The highest BCUT2D eigenvalue weighted by Crippen LogP contribution is 2.31. The van der Waals surface area contributed by atoms with Gasteiger partial charge in [-0.05, 0) is 30.7 Å². The molecule has 0 saturated heterocycles. The Balaban J connectivity index is 2.42. The number of hydrogen-bond donors (Lipinski definition) is 2. The minimum atomic E-state index is 0.0709. The molecule has 2 nitrogen and oxygen atoms in total. The SMILES string of the molecule is Cc1[nH]c(-c2ccc(Cl)s2)cc1CO. The maximum atomic E-state index is 9.04. The smallest absolute Gasteiger partial charge is 0.0935 e. The van der Waals surface area contributed by atoms with E-state index in [-0.39, 0.29) is 6.61 Å². The number of aliphatic hydroxyl groups excluding tert-OH is 1. The van der Waals surface area contributed by atoms with Crippen LogP contribution in [-0.2, 0) is 6.61 Å². The van der Waals surface area contributed by atoms with Gasteiger partial charge in [-0.2, -0.15) is 0 Å². The largest absolute Gasteiger partial charge is 0.392 e. The van der Waals surface area contributed by atoms with E-state index < -0.39 is 0 Å². The molecule has 4 heteroatoms. The standard InChI is InChI=1S/C10H10ClNOS/c1-6-7(5-13)4-8(12-6)9-2-3-10(11)14-9/h2-4,12-13H,5H2,1H3. The molecule has 2 heterocycles. The number of rotatable bonds is 2. The van der Waals surface area contributed by atoms with Gasteiger partial charge in [-0.15, -0.1) is 11.3 Å². The second kappa shape index (κ2) is 3.77. The summed E-state index contributed by atoms with van der Waals surface area (Å²) in [5.41, 5.74) is 2.96. The van der Waals surface area contributed by atoms with Crippen LogP contribution in [0.4, 0.5) is 0 Å². The number of aromatic amines is 1. The number of thiophene rings is 1. The van der Waals surface area contributed by atoms with Crippen LogP contribution in [0.15, 0.2) is 18.2 Å². The summed E-state index contributed by atoms with van der Waals surface area (Å²) in [5, 5.41) is 9.04. The van der Waals surface area contributed by atoms with E-state index in [1.807, 2.05) is 25.1 Å². The van der Waals surface area contributed by atoms with Gasteiger partial charge in [0, 0.05) is 5.69 Å². The molecule has 0 amide bonds. The first-order valence-electron chi connectivity index (χ1n) is 4.26. The van der Waals surface area contributed by atoms with E-state index in [2.05, 4.69) is 4.98 Å². The molecule has 74 valence electrons. The topological polar surface area (TPSA) is 36.0 Å². The second-order valence-electron chi connectivity index (χ2n) is 3.10. The zero-order valence-electron chi connectivity index (χ0n) is 7.67. The fourth-order valence-electron chi connectivity index (χ4n) is 1.36. The molecule has 14 heavy (non-hydrogen) atoms. The van der Waals surface area contributed by atoms with Crippen molar-refractivity contribution in [2.45, 2.75) is 13.5 Å². The first-order chi connectivity index (χ1) is 6.70. The van der Waals surface area contributed by atoms with E-state index >= 15 is 0 Å². The monoisotopic (exact) mass is 227 g/mol. The normalized spacial score (nSPS) is 10.8. The van der Waals surface area contributed by atoms with Crippen LogP contribution < -0.4 is 0 Å². The van der Waals surface area contributed by atoms with Crippen LogP contribution in [0.1, 0.15) is 11.3 Å². The van der Waals surface area contributed by atoms with Crippen LogP contribution in [0, 0.1) is 6.92 Å². The predicted molar refractivity (Wildman–Crippen MR) is 59.8 cm³/mol. The molecule has 0 aromatic carbocycles. The number of halogens is 1. The van der Waals surface area contributed by atoms with Gasteiger partial charge in [-0.25, -0.2) is 0 Å².